The maximum absolute atomic E-state index is 11.2. The number of hydrogen-bond donors (Lipinski definition) is 0. The van der Waals surface area contributed by atoms with Gasteiger partial charge in [-0.3, -0.25) is 4.79 Å². The summed E-state index contributed by atoms with van der Waals surface area (Å²) in [6.45, 7) is 5.99. The lowest BCUT2D eigenvalue weighted by Gasteiger charge is -2.11. The van der Waals surface area contributed by atoms with E-state index in [1.165, 1.54) is 5.56 Å². The van der Waals surface area contributed by atoms with Gasteiger partial charge in [0.25, 0.3) is 0 Å². The first-order valence-electron chi connectivity index (χ1n) is 5.91. The maximum atomic E-state index is 11.2. The highest BCUT2D eigenvalue weighted by Crippen LogP contribution is 2.31. The van der Waals surface area contributed by atoms with E-state index in [2.05, 4.69) is 18.4 Å². The van der Waals surface area contributed by atoms with Crippen molar-refractivity contribution in [3.63, 3.8) is 0 Å². The number of thiophene rings is 1. The molecule has 0 radical (unpaired) electrons. The first-order chi connectivity index (χ1) is 8.60. The molecule has 1 aromatic heterocycles. The topological polar surface area (TPSA) is 26.3 Å². The summed E-state index contributed by atoms with van der Waals surface area (Å²) in [7, 11) is 0. The molecule has 0 amide bonds. The molecule has 0 N–H and O–H groups in total. The zero-order valence-electron chi connectivity index (χ0n) is 10.8. The third-order valence-corrected chi connectivity index (χ3v) is 3.60. The lowest BCUT2D eigenvalue weighted by molar-refractivity contribution is 0.112. The van der Waals surface area contributed by atoms with Gasteiger partial charge in [-0.1, -0.05) is 0 Å². The number of aldehydes is 1. The van der Waals surface area contributed by atoms with Gasteiger partial charge in [-0.05, 0) is 56.0 Å². The van der Waals surface area contributed by atoms with E-state index >= 15 is 0 Å². The van der Waals surface area contributed by atoms with Crippen molar-refractivity contribution in [1.82, 2.24) is 0 Å². The van der Waals surface area contributed by atoms with Gasteiger partial charge in [0.15, 0.2) is 6.29 Å². The Bertz CT molecular complexity index is 555. The van der Waals surface area contributed by atoms with E-state index in [1.54, 1.807) is 17.4 Å². The summed E-state index contributed by atoms with van der Waals surface area (Å²) >= 11 is 1.65. The van der Waals surface area contributed by atoms with Crippen LogP contribution in [0.25, 0.3) is 10.4 Å². The summed E-state index contributed by atoms with van der Waals surface area (Å²) in [5, 5.41) is 2.09. The van der Waals surface area contributed by atoms with Crippen molar-refractivity contribution >= 4 is 17.6 Å². The molecule has 0 aliphatic rings. The minimum Gasteiger partial charge on any atom is -0.491 e. The largest absolute Gasteiger partial charge is 0.491 e. The maximum Gasteiger partial charge on any atom is 0.150 e. The van der Waals surface area contributed by atoms with Gasteiger partial charge in [0.2, 0.25) is 0 Å². The molecule has 0 spiro atoms. The molecule has 2 nitrogen and oxygen atoms in total. The molecule has 0 aliphatic carbocycles. The van der Waals surface area contributed by atoms with Crippen LogP contribution in [0.4, 0.5) is 0 Å². The van der Waals surface area contributed by atoms with Crippen LogP contribution in [-0.4, -0.2) is 12.4 Å². The highest BCUT2D eigenvalue weighted by molar-refractivity contribution is 7.13. The first kappa shape index (κ1) is 12.8. The third kappa shape index (κ3) is 2.79. The van der Waals surface area contributed by atoms with Crippen molar-refractivity contribution in [2.45, 2.75) is 26.9 Å². The molecule has 1 aromatic carbocycles. The Labute approximate surface area is 111 Å². The summed E-state index contributed by atoms with van der Waals surface area (Å²) in [5.74, 6) is 0.740. The van der Waals surface area contributed by atoms with E-state index in [-0.39, 0.29) is 6.10 Å². The molecule has 2 rings (SSSR count). The Kier molecular flexibility index (Phi) is 3.82. The molecule has 0 saturated carbocycles. The Morgan fingerprint density at radius 1 is 1.28 bits per heavy atom. The van der Waals surface area contributed by atoms with Crippen molar-refractivity contribution < 1.29 is 9.53 Å². The molecule has 0 bridgehead atoms. The van der Waals surface area contributed by atoms with Gasteiger partial charge in [0, 0.05) is 16.0 Å². The lowest BCUT2D eigenvalue weighted by atomic mass is 10.1. The highest BCUT2D eigenvalue weighted by Gasteiger charge is 2.09. The van der Waals surface area contributed by atoms with Gasteiger partial charge in [0.1, 0.15) is 5.75 Å². The number of hydrogen-bond acceptors (Lipinski definition) is 3. The van der Waals surface area contributed by atoms with Crippen LogP contribution in [0.3, 0.4) is 0 Å². The lowest BCUT2D eigenvalue weighted by Crippen LogP contribution is -2.05. The van der Waals surface area contributed by atoms with Crippen LogP contribution < -0.4 is 4.74 Å². The molecule has 94 valence electrons. The fourth-order valence-corrected chi connectivity index (χ4v) is 2.73. The second-order valence-electron chi connectivity index (χ2n) is 4.52. The minimum absolute atomic E-state index is 0.110. The number of benzene rings is 1. The Hall–Kier alpha value is -1.61. The van der Waals surface area contributed by atoms with Gasteiger partial charge in [-0.15, -0.1) is 11.3 Å². The molecule has 0 unspecified atom stereocenters. The summed E-state index contributed by atoms with van der Waals surface area (Å²) < 4.78 is 5.60. The van der Waals surface area contributed by atoms with Crippen molar-refractivity contribution in [3.05, 3.63) is 40.8 Å². The smallest absolute Gasteiger partial charge is 0.150 e. The number of ether oxygens (including phenoxy) is 1. The minimum atomic E-state index is 0.110. The highest BCUT2D eigenvalue weighted by atomic mass is 32.1. The van der Waals surface area contributed by atoms with Gasteiger partial charge >= 0.3 is 0 Å². The van der Waals surface area contributed by atoms with Crippen molar-refractivity contribution in [3.8, 4) is 16.2 Å². The standard InChI is InChI=1S/C15H16O2S/c1-10(2)17-13-4-5-14(12(7-13)8-16)15-6-11(3)9-18-15/h4-10H,1-3H3. The molecule has 3 heteroatoms. The molecule has 2 aromatic rings. The molecular formula is C15H16O2S. The summed E-state index contributed by atoms with van der Waals surface area (Å²) in [4.78, 5) is 12.3. The van der Waals surface area contributed by atoms with Crippen molar-refractivity contribution in [1.29, 1.82) is 0 Å². The van der Waals surface area contributed by atoms with Gasteiger partial charge in [-0.25, -0.2) is 0 Å². The van der Waals surface area contributed by atoms with Gasteiger partial charge in [-0.2, -0.15) is 0 Å². The average Bonchev–Trinajstić information content (AvgIpc) is 2.74. The molecule has 0 aliphatic heterocycles. The number of rotatable bonds is 4. The van der Waals surface area contributed by atoms with E-state index in [4.69, 9.17) is 4.74 Å². The molecule has 0 fully saturated rings. The van der Waals surface area contributed by atoms with E-state index in [1.807, 2.05) is 26.0 Å². The first-order valence-corrected chi connectivity index (χ1v) is 6.79. The summed E-state index contributed by atoms with van der Waals surface area (Å²) in [5.41, 5.74) is 2.86. The van der Waals surface area contributed by atoms with E-state index in [0.717, 1.165) is 22.5 Å². The van der Waals surface area contributed by atoms with Crippen molar-refractivity contribution in [2.75, 3.05) is 0 Å². The summed E-state index contributed by atoms with van der Waals surface area (Å²) in [6.07, 6.45) is 0.997. The number of carbonyl (C=O) groups excluding carboxylic acids is 1. The summed E-state index contributed by atoms with van der Waals surface area (Å²) in [6, 6.07) is 7.76. The fraction of sp³-hybridized carbons (Fsp3) is 0.267. The zero-order valence-corrected chi connectivity index (χ0v) is 11.6. The monoisotopic (exact) mass is 260 g/mol. The van der Waals surface area contributed by atoms with Crippen molar-refractivity contribution in [2.24, 2.45) is 0 Å². The molecule has 0 atom stereocenters. The van der Waals surface area contributed by atoms with Crippen LogP contribution in [0, 0.1) is 6.92 Å². The van der Waals surface area contributed by atoms with Crippen LogP contribution >= 0.6 is 11.3 Å². The fourth-order valence-electron chi connectivity index (χ4n) is 1.78. The zero-order chi connectivity index (χ0) is 13.1. The SMILES string of the molecule is Cc1csc(-c2ccc(OC(C)C)cc2C=O)c1. The van der Waals surface area contributed by atoms with Crippen LogP contribution in [0.2, 0.25) is 0 Å². The molecule has 1 heterocycles. The quantitative estimate of drug-likeness (QED) is 0.765. The van der Waals surface area contributed by atoms with Crippen LogP contribution in [0.1, 0.15) is 29.8 Å². The average molecular weight is 260 g/mol. The predicted octanol–water partition coefficient (Wildman–Crippen LogP) is 4.32. The molecular weight excluding hydrogens is 244 g/mol. The third-order valence-electron chi connectivity index (χ3n) is 2.52. The predicted molar refractivity (Wildman–Crippen MR) is 75.6 cm³/mol. The molecule has 0 saturated heterocycles. The van der Waals surface area contributed by atoms with Gasteiger partial charge < -0.3 is 4.74 Å². The van der Waals surface area contributed by atoms with Crippen LogP contribution in [-0.2, 0) is 0 Å². The Balaban J connectivity index is 2.40. The second-order valence-corrected chi connectivity index (χ2v) is 5.43. The Morgan fingerprint density at radius 3 is 2.61 bits per heavy atom. The number of carbonyl (C=O) groups is 1. The number of aryl methyl sites for hydroxylation is 1. The Morgan fingerprint density at radius 2 is 2.06 bits per heavy atom. The van der Waals surface area contributed by atoms with Gasteiger partial charge in [0.05, 0.1) is 6.10 Å². The second kappa shape index (κ2) is 5.36. The molecule has 18 heavy (non-hydrogen) atoms. The van der Waals surface area contributed by atoms with E-state index in [0.29, 0.717) is 5.56 Å². The van der Waals surface area contributed by atoms with Crippen LogP contribution in [0.15, 0.2) is 29.6 Å². The van der Waals surface area contributed by atoms with Crippen LogP contribution in [0.5, 0.6) is 5.75 Å². The normalized spacial score (nSPS) is 10.7. The van der Waals surface area contributed by atoms with E-state index < -0.39 is 0 Å². The van der Waals surface area contributed by atoms with E-state index in [9.17, 15) is 4.79 Å².